The average Bonchev–Trinajstić information content (AvgIpc) is 3.53. The van der Waals surface area contributed by atoms with E-state index in [0.29, 0.717) is 6.08 Å². The fourth-order valence-electron chi connectivity index (χ4n) is 4.18. The molecule has 5 aliphatic heterocycles. The first-order valence-electron chi connectivity index (χ1n) is 10.7. The van der Waals surface area contributed by atoms with Gasteiger partial charge in [0.25, 0.3) is 0 Å². The van der Waals surface area contributed by atoms with Crippen LogP contribution in [0.1, 0.15) is 0 Å². The minimum Gasteiger partial charge on any atom is -0.249 e. The molecule has 0 fully saturated rings. The molecule has 0 amide bonds. The van der Waals surface area contributed by atoms with Crippen molar-refractivity contribution in [1.82, 2.24) is 0 Å². The third kappa shape index (κ3) is 4.93. The highest BCUT2D eigenvalue weighted by atomic mass is 19.4. The number of allylic oxidation sites excluding steroid dienone is 12. The van der Waals surface area contributed by atoms with Gasteiger partial charge in [-0.15, -0.1) is 0 Å². The molecule has 5 aliphatic rings. The summed E-state index contributed by atoms with van der Waals surface area (Å²) >= 11 is 0. The van der Waals surface area contributed by atoms with E-state index in [0.717, 1.165) is 12.2 Å². The predicted molar refractivity (Wildman–Crippen MR) is 119 cm³/mol. The first kappa shape index (κ1) is 27.3. The van der Waals surface area contributed by atoms with E-state index in [4.69, 9.17) is 0 Å². The van der Waals surface area contributed by atoms with Gasteiger partial charge in [0.15, 0.2) is 0 Å². The summed E-state index contributed by atoms with van der Waals surface area (Å²) in [6.07, 6.45) is -16.2. The molecule has 40 heavy (non-hydrogen) atoms. The monoisotopic (exact) mass is 580 g/mol. The van der Waals surface area contributed by atoms with Gasteiger partial charge in [-0.05, 0) is 48.6 Å². The number of hydrogen-bond acceptors (Lipinski definition) is 4. The van der Waals surface area contributed by atoms with Crippen LogP contribution in [0.5, 0.6) is 0 Å². The Labute approximate surface area is 214 Å². The molecule has 0 aliphatic carbocycles. The number of aliphatic imine (C=N–C) groups is 4. The van der Waals surface area contributed by atoms with E-state index in [9.17, 15) is 52.7 Å². The van der Waals surface area contributed by atoms with Gasteiger partial charge in [-0.25, -0.2) is 20.0 Å². The normalized spacial score (nSPS) is 21.3. The zero-order valence-corrected chi connectivity index (χ0v) is 18.9. The van der Waals surface area contributed by atoms with Gasteiger partial charge in [-0.1, -0.05) is 0 Å². The van der Waals surface area contributed by atoms with Crippen LogP contribution in [-0.2, 0) is 0 Å². The van der Waals surface area contributed by atoms with Gasteiger partial charge < -0.3 is 0 Å². The van der Waals surface area contributed by atoms with Crippen molar-refractivity contribution in [3.05, 3.63) is 93.7 Å². The second-order valence-electron chi connectivity index (χ2n) is 8.43. The maximum atomic E-state index is 14.3. The number of halogens is 12. The topological polar surface area (TPSA) is 49.4 Å². The third-order valence-corrected chi connectivity index (χ3v) is 5.64. The summed E-state index contributed by atoms with van der Waals surface area (Å²) in [5, 5.41) is 0. The molecule has 5 heterocycles. The highest BCUT2D eigenvalue weighted by molar-refractivity contribution is 6.21. The number of rotatable bonds is 0. The molecule has 208 valence electrons. The summed E-state index contributed by atoms with van der Waals surface area (Å²) in [4.78, 5) is 14.2. The standard InChI is InChI=1S/C24H8F12N4/c25-21(26,27)14-7-13-6-11-2-1-9(37-11)5-10-3-4-12(38-10)8-15-16(22(28,29)30)17(23(31,32)33)20(40-15)18(19(14)39-13)24(34,35)36/h1-8H. The van der Waals surface area contributed by atoms with Crippen LogP contribution in [0.3, 0.4) is 0 Å². The number of nitrogens with zero attached hydrogens (tertiary/aromatic N) is 4. The van der Waals surface area contributed by atoms with Gasteiger partial charge in [0.05, 0.1) is 62.4 Å². The van der Waals surface area contributed by atoms with Crippen LogP contribution < -0.4 is 0 Å². The molecular weight excluding hydrogens is 572 g/mol. The van der Waals surface area contributed by atoms with Crippen molar-refractivity contribution in [3.63, 3.8) is 0 Å². The lowest BCUT2D eigenvalue weighted by Gasteiger charge is -2.20. The Balaban J connectivity index is 1.94. The molecule has 0 aromatic heterocycles. The molecule has 4 nitrogen and oxygen atoms in total. The van der Waals surface area contributed by atoms with Gasteiger partial charge in [-0.2, -0.15) is 52.7 Å². The molecular formula is C24H8F12N4. The SMILES string of the molecule is FC(F)(F)C1=CC2=CC3=NC(=CC4=NC(=CC5=NC(=C(C(F)(F)F)C1=N2)C(C(F)(F)F)=C5C(F)(F)F)C=C4)C=C3. The van der Waals surface area contributed by atoms with E-state index < -0.39 is 75.5 Å². The van der Waals surface area contributed by atoms with Crippen molar-refractivity contribution in [3.8, 4) is 0 Å². The van der Waals surface area contributed by atoms with Crippen LogP contribution in [0.4, 0.5) is 52.7 Å². The molecule has 0 N–H and O–H groups in total. The quantitative estimate of drug-likeness (QED) is 0.270. The molecule has 0 unspecified atom stereocenters. The minimum atomic E-state index is -6.13. The van der Waals surface area contributed by atoms with Crippen molar-refractivity contribution >= 4 is 22.8 Å². The number of fused-ring (bicyclic) bond motifs is 4. The molecule has 0 saturated heterocycles. The maximum absolute atomic E-state index is 14.3. The van der Waals surface area contributed by atoms with Crippen molar-refractivity contribution in [1.29, 1.82) is 0 Å². The van der Waals surface area contributed by atoms with Crippen LogP contribution in [0.15, 0.2) is 114 Å². The van der Waals surface area contributed by atoms with Gasteiger partial charge in [-0.3, -0.25) is 0 Å². The summed E-state index contributed by atoms with van der Waals surface area (Å²) in [6.45, 7) is 0. The first-order valence-corrected chi connectivity index (χ1v) is 10.7. The van der Waals surface area contributed by atoms with E-state index in [1.807, 2.05) is 0 Å². The number of hydrogen-bond donors (Lipinski definition) is 0. The molecule has 0 aromatic carbocycles. The Bertz CT molecular complexity index is 1600. The minimum absolute atomic E-state index is 0.0648. The second-order valence-corrected chi connectivity index (χ2v) is 8.43. The number of alkyl halides is 12. The smallest absolute Gasteiger partial charge is 0.249 e. The molecule has 8 bridgehead atoms. The highest BCUT2D eigenvalue weighted by Crippen LogP contribution is 2.50. The van der Waals surface area contributed by atoms with E-state index in [1.54, 1.807) is 0 Å². The van der Waals surface area contributed by atoms with E-state index in [1.165, 1.54) is 24.3 Å². The molecule has 0 saturated carbocycles. The fourth-order valence-corrected chi connectivity index (χ4v) is 4.18. The van der Waals surface area contributed by atoms with Crippen molar-refractivity contribution in [2.75, 3.05) is 0 Å². The Hall–Kier alpha value is -4.24. The lowest BCUT2D eigenvalue weighted by Crippen LogP contribution is -2.30. The molecule has 5 rings (SSSR count). The lowest BCUT2D eigenvalue weighted by molar-refractivity contribution is -0.110. The van der Waals surface area contributed by atoms with Crippen LogP contribution in [-0.4, -0.2) is 47.6 Å². The van der Waals surface area contributed by atoms with Crippen molar-refractivity contribution < 1.29 is 52.7 Å². The molecule has 0 radical (unpaired) electrons. The summed E-state index contributed by atoms with van der Waals surface area (Å²) in [7, 11) is 0. The zero-order chi connectivity index (χ0) is 29.4. The summed E-state index contributed by atoms with van der Waals surface area (Å²) in [5.41, 5.74) is -17.6. The molecule has 0 aromatic rings. The van der Waals surface area contributed by atoms with E-state index >= 15 is 0 Å². The second kappa shape index (κ2) is 8.63. The summed E-state index contributed by atoms with van der Waals surface area (Å²) in [5.74, 6) is 0. The molecule has 0 atom stereocenters. The lowest BCUT2D eigenvalue weighted by atomic mass is 9.95. The summed E-state index contributed by atoms with van der Waals surface area (Å²) in [6, 6.07) is 0. The zero-order valence-electron chi connectivity index (χ0n) is 18.9. The molecule has 0 spiro atoms. The van der Waals surface area contributed by atoms with Crippen molar-refractivity contribution in [2.24, 2.45) is 20.0 Å². The largest absolute Gasteiger partial charge is 0.420 e. The van der Waals surface area contributed by atoms with Gasteiger partial charge in [0.2, 0.25) is 0 Å². The van der Waals surface area contributed by atoms with Crippen LogP contribution in [0.2, 0.25) is 0 Å². The molecule has 16 heteroatoms. The first-order chi connectivity index (χ1) is 18.3. The Morgan fingerprint density at radius 1 is 0.425 bits per heavy atom. The Morgan fingerprint density at radius 3 is 1.43 bits per heavy atom. The Morgan fingerprint density at radius 2 is 0.925 bits per heavy atom. The van der Waals surface area contributed by atoms with Gasteiger partial charge >= 0.3 is 24.7 Å². The van der Waals surface area contributed by atoms with Gasteiger partial charge in [0.1, 0.15) is 5.57 Å². The van der Waals surface area contributed by atoms with E-state index in [2.05, 4.69) is 20.0 Å². The summed E-state index contributed by atoms with van der Waals surface area (Å²) < 4.78 is 169. The predicted octanol–water partition coefficient (Wildman–Crippen LogP) is 7.31. The van der Waals surface area contributed by atoms with Gasteiger partial charge in [0, 0.05) is 0 Å². The van der Waals surface area contributed by atoms with Crippen LogP contribution >= 0.6 is 0 Å². The van der Waals surface area contributed by atoms with E-state index in [-0.39, 0.29) is 23.2 Å². The van der Waals surface area contributed by atoms with Crippen molar-refractivity contribution in [2.45, 2.75) is 24.7 Å². The fraction of sp³-hybridized carbons (Fsp3) is 0.167. The highest BCUT2D eigenvalue weighted by Gasteiger charge is 2.56. The average molecular weight is 580 g/mol. The third-order valence-electron chi connectivity index (χ3n) is 5.64. The maximum Gasteiger partial charge on any atom is 0.420 e. The van der Waals surface area contributed by atoms with Crippen LogP contribution in [0.25, 0.3) is 0 Å². The Kier molecular flexibility index (Phi) is 5.90. The van der Waals surface area contributed by atoms with Crippen LogP contribution in [0, 0.1) is 0 Å².